The molecular formula is C13H17ClFNO4S. The maximum Gasteiger partial charge on any atom is 0.324 e. The fourth-order valence-corrected chi connectivity index (χ4v) is 3.12. The van der Waals surface area contributed by atoms with Gasteiger partial charge in [-0.25, -0.2) is 12.8 Å². The molecule has 118 valence electrons. The minimum Gasteiger partial charge on any atom is -0.459 e. The number of rotatable bonds is 4. The largest absolute Gasteiger partial charge is 0.459 e. The predicted octanol–water partition coefficient (Wildman–Crippen LogP) is 2.49. The summed E-state index contributed by atoms with van der Waals surface area (Å²) in [7, 11) is -4.14. The Bertz CT molecular complexity index is 640. The minimum absolute atomic E-state index is 0.139. The van der Waals surface area contributed by atoms with Crippen molar-refractivity contribution in [1.29, 1.82) is 0 Å². The highest BCUT2D eigenvalue weighted by molar-refractivity contribution is 7.89. The first-order chi connectivity index (χ1) is 9.42. The van der Waals surface area contributed by atoms with Crippen molar-refractivity contribution < 1.29 is 22.3 Å². The second-order valence-corrected chi connectivity index (χ2v) is 7.54. The molecule has 0 aliphatic carbocycles. The molecule has 21 heavy (non-hydrogen) atoms. The Morgan fingerprint density at radius 2 is 1.95 bits per heavy atom. The molecule has 0 aliphatic rings. The second kappa shape index (κ2) is 6.29. The number of hydrogen-bond acceptors (Lipinski definition) is 4. The Hall–Kier alpha value is -1.18. The summed E-state index contributed by atoms with van der Waals surface area (Å²) < 4.78 is 44.6. The highest BCUT2D eigenvalue weighted by Gasteiger charge is 2.27. The molecule has 1 aromatic rings. The van der Waals surface area contributed by atoms with E-state index in [1.165, 1.54) is 6.92 Å². The summed E-state index contributed by atoms with van der Waals surface area (Å²) in [6.45, 7) is 6.32. The lowest BCUT2D eigenvalue weighted by molar-refractivity contribution is -0.156. The fraction of sp³-hybridized carbons (Fsp3) is 0.462. The van der Waals surface area contributed by atoms with E-state index in [-0.39, 0.29) is 5.02 Å². The Balaban J connectivity index is 2.95. The van der Waals surface area contributed by atoms with Crippen LogP contribution < -0.4 is 4.72 Å². The highest BCUT2D eigenvalue weighted by atomic mass is 35.5. The lowest BCUT2D eigenvalue weighted by Crippen LogP contribution is -2.42. The number of sulfonamides is 1. The van der Waals surface area contributed by atoms with Gasteiger partial charge in [0.1, 0.15) is 22.4 Å². The maximum atomic E-state index is 13.2. The quantitative estimate of drug-likeness (QED) is 0.857. The Kier molecular flexibility index (Phi) is 5.35. The summed E-state index contributed by atoms with van der Waals surface area (Å²) in [6, 6.07) is 1.82. The molecular weight excluding hydrogens is 321 g/mol. The lowest BCUT2D eigenvalue weighted by Gasteiger charge is -2.22. The van der Waals surface area contributed by atoms with Gasteiger partial charge in [0.15, 0.2) is 0 Å². The predicted molar refractivity (Wildman–Crippen MR) is 77.0 cm³/mol. The molecule has 0 bridgehead atoms. The molecule has 8 heteroatoms. The number of carbonyl (C=O) groups excluding carboxylic acids is 1. The van der Waals surface area contributed by atoms with Crippen LogP contribution >= 0.6 is 11.6 Å². The molecule has 0 saturated heterocycles. The molecule has 0 radical (unpaired) electrons. The summed E-state index contributed by atoms with van der Waals surface area (Å²) in [6.07, 6.45) is 0. The van der Waals surface area contributed by atoms with Gasteiger partial charge in [0.2, 0.25) is 10.0 Å². The van der Waals surface area contributed by atoms with Crippen LogP contribution in [0.25, 0.3) is 0 Å². The number of nitrogens with one attached hydrogen (secondary N) is 1. The van der Waals surface area contributed by atoms with Crippen LogP contribution in [0.5, 0.6) is 0 Å². The number of hydrogen-bond donors (Lipinski definition) is 1. The Morgan fingerprint density at radius 3 is 2.48 bits per heavy atom. The van der Waals surface area contributed by atoms with Crippen molar-refractivity contribution in [1.82, 2.24) is 4.72 Å². The van der Waals surface area contributed by atoms with Crippen LogP contribution in [-0.4, -0.2) is 26.0 Å². The van der Waals surface area contributed by atoms with Crippen molar-refractivity contribution in [2.75, 3.05) is 0 Å². The monoisotopic (exact) mass is 337 g/mol. The number of ether oxygens (including phenoxy) is 1. The molecule has 1 rings (SSSR count). The first kappa shape index (κ1) is 17.9. The van der Waals surface area contributed by atoms with Crippen molar-refractivity contribution in [2.24, 2.45) is 0 Å². The van der Waals surface area contributed by atoms with E-state index in [0.29, 0.717) is 0 Å². The fourth-order valence-electron chi connectivity index (χ4n) is 1.42. The SMILES string of the molecule is C[C@@H](NS(=O)(=O)c1cc(F)ccc1Cl)C(=O)OC(C)(C)C. The first-order valence-corrected chi connectivity index (χ1v) is 7.99. The zero-order valence-corrected chi connectivity index (χ0v) is 13.7. The number of halogens is 2. The molecule has 0 heterocycles. The lowest BCUT2D eigenvalue weighted by atomic mass is 10.2. The van der Waals surface area contributed by atoms with Gasteiger partial charge >= 0.3 is 5.97 Å². The zero-order valence-electron chi connectivity index (χ0n) is 12.1. The molecule has 0 saturated carbocycles. The Morgan fingerprint density at radius 1 is 1.38 bits per heavy atom. The molecule has 1 N–H and O–H groups in total. The molecule has 0 spiro atoms. The first-order valence-electron chi connectivity index (χ1n) is 6.12. The molecule has 1 atom stereocenters. The van der Waals surface area contributed by atoms with Gasteiger partial charge in [0.25, 0.3) is 0 Å². The second-order valence-electron chi connectivity index (χ2n) is 5.45. The number of esters is 1. The summed E-state index contributed by atoms with van der Waals surface area (Å²) in [5.74, 6) is -1.48. The smallest absolute Gasteiger partial charge is 0.324 e. The van der Waals surface area contributed by atoms with E-state index >= 15 is 0 Å². The summed E-state index contributed by atoms with van der Waals surface area (Å²) in [4.78, 5) is 11.3. The van der Waals surface area contributed by atoms with Crippen molar-refractivity contribution in [3.8, 4) is 0 Å². The van der Waals surface area contributed by atoms with Gasteiger partial charge < -0.3 is 4.74 Å². The van der Waals surface area contributed by atoms with Crippen LogP contribution in [0.4, 0.5) is 4.39 Å². The maximum absolute atomic E-state index is 13.2. The van der Waals surface area contributed by atoms with E-state index in [1.54, 1.807) is 20.8 Å². The molecule has 0 aliphatic heterocycles. The molecule has 0 fully saturated rings. The van der Waals surface area contributed by atoms with Gasteiger partial charge in [-0.15, -0.1) is 0 Å². The van der Waals surface area contributed by atoms with E-state index in [0.717, 1.165) is 18.2 Å². The standard InChI is InChI=1S/C13H17ClFNO4S/c1-8(12(17)20-13(2,3)4)16-21(18,19)11-7-9(15)5-6-10(11)14/h5-8,16H,1-4H3/t8-/m1/s1. The van der Waals surface area contributed by atoms with Gasteiger partial charge in [-0.1, -0.05) is 11.6 Å². The average Bonchev–Trinajstić information content (AvgIpc) is 2.29. The van der Waals surface area contributed by atoms with Crippen molar-refractivity contribution in [3.63, 3.8) is 0 Å². The number of carbonyl (C=O) groups is 1. The van der Waals surface area contributed by atoms with E-state index in [2.05, 4.69) is 4.72 Å². The average molecular weight is 338 g/mol. The summed E-state index contributed by atoms with van der Waals surface area (Å²) in [5, 5.41) is -0.139. The van der Waals surface area contributed by atoms with Crippen LogP contribution in [0.3, 0.4) is 0 Å². The van der Waals surface area contributed by atoms with Gasteiger partial charge in [0.05, 0.1) is 5.02 Å². The van der Waals surface area contributed by atoms with E-state index in [9.17, 15) is 17.6 Å². The van der Waals surface area contributed by atoms with Crippen molar-refractivity contribution in [2.45, 2.75) is 44.2 Å². The molecule has 0 unspecified atom stereocenters. The van der Waals surface area contributed by atoms with Gasteiger partial charge in [-0.05, 0) is 45.9 Å². The topological polar surface area (TPSA) is 72.5 Å². The van der Waals surface area contributed by atoms with Gasteiger partial charge in [0, 0.05) is 0 Å². The summed E-state index contributed by atoms with van der Waals surface area (Å²) in [5.41, 5.74) is -0.743. The minimum atomic E-state index is -4.14. The number of benzene rings is 1. The van der Waals surface area contributed by atoms with Gasteiger partial charge in [-0.2, -0.15) is 4.72 Å². The molecule has 0 aromatic heterocycles. The third-order valence-electron chi connectivity index (χ3n) is 2.28. The van der Waals surface area contributed by atoms with E-state index < -0.39 is 38.3 Å². The van der Waals surface area contributed by atoms with Crippen molar-refractivity contribution in [3.05, 3.63) is 29.0 Å². The van der Waals surface area contributed by atoms with Crippen molar-refractivity contribution >= 4 is 27.6 Å². The van der Waals surface area contributed by atoms with Crippen LogP contribution in [0.2, 0.25) is 5.02 Å². The van der Waals surface area contributed by atoms with Crippen LogP contribution in [0.15, 0.2) is 23.1 Å². The highest BCUT2D eigenvalue weighted by Crippen LogP contribution is 2.22. The normalized spacial score (nSPS) is 13.8. The van der Waals surface area contributed by atoms with Crippen LogP contribution in [0.1, 0.15) is 27.7 Å². The molecule has 0 amide bonds. The zero-order chi connectivity index (χ0) is 16.4. The van der Waals surface area contributed by atoms with Crippen LogP contribution in [-0.2, 0) is 19.6 Å². The van der Waals surface area contributed by atoms with E-state index in [4.69, 9.17) is 16.3 Å². The Labute approximate surface area is 128 Å². The van der Waals surface area contributed by atoms with E-state index in [1.807, 2.05) is 0 Å². The summed E-state index contributed by atoms with van der Waals surface area (Å²) >= 11 is 5.75. The molecule has 5 nitrogen and oxygen atoms in total. The van der Waals surface area contributed by atoms with Crippen LogP contribution in [0, 0.1) is 5.82 Å². The third-order valence-corrected chi connectivity index (χ3v) is 4.30. The molecule has 1 aromatic carbocycles. The van der Waals surface area contributed by atoms with Gasteiger partial charge in [-0.3, -0.25) is 4.79 Å². The third kappa shape index (κ3) is 5.26.